The number of amides is 2. The van der Waals surface area contributed by atoms with Gasteiger partial charge in [0.15, 0.2) is 5.69 Å². The van der Waals surface area contributed by atoms with Gasteiger partial charge < -0.3 is 19.5 Å². The maximum absolute atomic E-state index is 14.4. The molecule has 0 atom stereocenters. The number of nitrogens with zero attached hydrogens (tertiary/aromatic N) is 6. The van der Waals surface area contributed by atoms with Gasteiger partial charge in [0, 0.05) is 68.0 Å². The number of ether oxygens (including phenoxy) is 1. The number of aryl methyl sites for hydroxylation is 1. The van der Waals surface area contributed by atoms with Gasteiger partial charge in [0.2, 0.25) is 0 Å². The van der Waals surface area contributed by atoms with Gasteiger partial charge in [-0.2, -0.15) is 18.3 Å². The number of carbonyl (C=O) groups excluding carboxylic acids is 2. The lowest BCUT2D eigenvalue weighted by atomic mass is 9.87. The molecule has 4 heterocycles. The van der Waals surface area contributed by atoms with Gasteiger partial charge in [-0.25, -0.2) is 4.98 Å². The Morgan fingerprint density at radius 3 is 2.63 bits per heavy atom. The SMILES string of the molecule is CCCCNC(=O)c1cc(OC)cc2c(N3CCc4c(cc(Cn5ccnc5)cc4-c4cn(C)nc4C(F)(F)F)C3=O)ccnc12. The number of methoxy groups -OCH3 is 1. The summed E-state index contributed by atoms with van der Waals surface area (Å²) in [5.74, 6) is -0.256. The van der Waals surface area contributed by atoms with Crippen molar-refractivity contribution < 1.29 is 27.5 Å². The highest BCUT2D eigenvalue weighted by atomic mass is 19.4. The van der Waals surface area contributed by atoms with E-state index in [0.717, 1.165) is 17.5 Å². The van der Waals surface area contributed by atoms with Crippen LogP contribution in [0.25, 0.3) is 22.0 Å². The van der Waals surface area contributed by atoms with Crippen LogP contribution in [0.1, 0.15) is 57.3 Å². The van der Waals surface area contributed by atoms with Crippen LogP contribution in [0, 0.1) is 0 Å². The molecule has 1 aliphatic heterocycles. The summed E-state index contributed by atoms with van der Waals surface area (Å²) in [6.45, 7) is 3.02. The lowest BCUT2D eigenvalue weighted by Gasteiger charge is -2.31. The topological polar surface area (TPSA) is 107 Å². The standard InChI is InChI=1S/C33H32F3N7O3/c1-4-5-8-39-31(44)26-16-21(46-3)15-25-28(6-9-38-29(25)26)43-11-7-22-23(27-18-41(2)40-30(27)33(34,35)36)13-20(14-24(22)32(43)45)17-42-12-10-37-19-42/h6,9-10,12-16,18-19H,4-5,7-8,11,17H2,1-3H3,(H,39,44). The molecule has 2 amide bonds. The highest BCUT2D eigenvalue weighted by Crippen LogP contribution is 2.41. The number of alkyl halides is 3. The first-order chi connectivity index (χ1) is 22.1. The lowest BCUT2D eigenvalue weighted by molar-refractivity contribution is -0.141. The predicted molar refractivity (Wildman–Crippen MR) is 166 cm³/mol. The van der Waals surface area contributed by atoms with Crippen LogP contribution in [0.4, 0.5) is 18.9 Å². The Morgan fingerprint density at radius 2 is 1.91 bits per heavy atom. The van der Waals surface area contributed by atoms with Crippen LogP contribution in [0.2, 0.25) is 0 Å². The minimum Gasteiger partial charge on any atom is -0.497 e. The van der Waals surface area contributed by atoms with Gasteiger partial charge in [0.05, 0.1) is 30.2 Å². The third kappa shape index (κ3) is 5.80. The minimum absolute atomic E-state index is 0.0854. The Kier molecular flexibility index (Phi) is 8.24. The molecule has 0 saturated heterocycles. The number of unbranched alkanes of at least 4 members (excludes halogenated alkanes) is 1. The van der Waals surface area contributed by atoms with Crippen molar-refractivity contribution in [2.24, 2.45) is 7.05 Å². The van der Waals surface area contributed by atoms with Crippen molar-refractivity contribution >= 4 is 28.4 Å². The largest absolute Gasteiger partial charge is 0.497 e. The number of rotatable bonds is 9. The van der Waals surface area contributed by atoms with Crippen LogP contribution in [0.15, 0.2) is 61.4 Å². The minimum atomic E-state index is -4.69. The first-order valence-corrected chi connectivity index (χ1v) is 14.9. The number of halogens is 3. The predicted octanol–water partition coefficient (Wildman–Crippen LogP) is 5.64. The third-order valence-corrected chi connectivity index (χ3v) is 8.06. The van der Waals surface area contributed by atoms with E-state index >= 15 is 0 Å². The Hall–Kier alpha value is -5.20. The molecule has 5 aromatic rings. The van der Waals surface area contributed by atoms with Gasteiger partial charge in [0.25, 0.3) is 11.8 Å². The van der Waals surface area contributed by atoms with Crippen LogP contribution >= 0.6 is 0 Å². The number of aromatic nitrogens is 5. The van der Waals surface area contributed by atoms with Crippen LogP contribution in [0.3, 0.4) is 0 Å². The number of pyridine rings is 1. The molecule has 2 aromatic carbocycles. The Balaban J connectivity index is 1.48. The van der Waals surface area contributed by atoms with Crippen molar-refractivity contribution in [3.63, 3.8) is 0 Å². The molecule has 0 aliphatic carbocycles. The molecule has 0 bridgehead atoms. The number of hydrogen-bond acceptors (Lipinski definition) is 6. The molecule has 13 heteroatoms. The van der Waals surface area contributed by atoms with E-state index in [1.165, 1.54) is 20.4 Å². The average Bonchev–Trinajstić information content (AvgIpc) is 3.70. The molecule has 46 heavy (non-hydrogen) atoms. The van der Waals surface area contributed by atoms with Crippen molar-refractivity contribution in [3.8, 4) is 16.9 Å². The van der Waals surface area contributed by atoms with Gasteiger partial charge in [-0.15, -0.1) is 0 Å². The molecular formula is C33H32F3N7O3. The van der Waals surface area contributed by atoms with Crippen LogP contribution in [-0.4, -0.2) is 56.3 Å². The van der Waals surface area contributed by atoms with Gasteiger partial charge in [-0.05, 0) is 59.9 Å². The van der Waals surface area contributed by atoms with E-state index in [4.69, 9.17) is 4.74 Å². The van der Waals surface area contributed by atoms with E-state index < -0.39 is 11.9 Å². The summed E-state index contributed by atoms with van der Waals surface area (Å²) in [5, 5.41) is 7.18. The monoisotopic (exact) mass is 631 g/mol. The number of carbonyl (C=O) groups is 2. The number of hydrogen-bond donors (Lipinski definition) is 1. The number of benzene rings is 2. The second-order valence-electron chi connectivity index (χ2n) is 11.2. The molecule has 3 aromatic heterocycles. The third-order valence-electron chi connectivity index (χ3n) is 8.06. The summed E-state index contributed by atoms with van der Waals surface area (Å²) in [7, 11) is 2.93. The summed E-state index contributed by atoms with van der Waals surface area (Å²) in [6.07, 6.45) is 5.17. The zero-order valence-corrected chi connectivity index (χ0v) is 25.6. The van der Waals surface area contributed by atoms with Gasteiger partial charge in [-0.1, -0.05) is 13.3 Å². The van der Waals surface area contributed by atoms with E-state index in [0.29, 0.717) is 63.2 Å². The molecule has 10 nitrogen and oxygen atoms in total. The summed E-state index contributed by atoms with van der Waals surface area (Å²) in [6, 6.07) is 8.48. The van der Waals surface area contributed by atoms with E-state index in [2.05, 4.69) is 20.4 Å². The Labute approximate surface area is 262 Å². The molecule has 6 rings (SSSR count). The summed E-state index contributed by atoms with van der Waals surface area (Å²) >= 11 is 0. The van der Waals surface area contributed by atoms with Crippen LogP contribution in [-0.2, 0) is 26.2 Å². The molecule has 1 aliphatic rings. The van der Waals surface area contributed by atoms with Crippen molar-refractivity contribution in [3.05, 3.63) is 89.4 Å². The van der Waals surface area contributed by atoms with E-state index in [1.54, 1.807) is 64.7 Å². The van der Waals surface area contributed by atoms with Crippen LogP contribution < -0.4 is 15.0 Å². The fourth-order valence-corrected chi connectivity index (χ4v) is 5.92. The number of imidazole rings is 1. The Bertz CT molecular complexity index is 1930. The van der Waals surface area contributed by atoms with Gasteiger partial charge in [-0.3, -0.25) is 19.3 Å². The molecule has 238 valence electrons. The summed E-state index contributed by atoms with van der Waals surface area (Å²) in [5.41, 5.74) is 1.90. The van der Waals surface area contributed by atoms with Crippen molar-refractivity contribution in [2.45, 2.75) is 38.9 Å². The summed E-state index contributed by atoms with van der Waals surface area (Å²) < 4.78 is 50.8. The molecule has 1 N–H and O–H groups in total. The first kappa shape index (κ1) is 30.8. The fourth-order valence-electron chi connectivity index (χ4n) is 5.92. The van der Waals surface area contributed by atoms with E-state index in [1.807, 2.05) is 6.92 Å². The smallest absolute Gasteiger partial charge is 0.435 e. The molecule has 0 unspecified atom stereocenters. The van der Waals surface area contributed by atoms with Gasteiger partial charge in [0.1, 0.15) is 5.75 Å². The molecule has 0 saturated carbocycles. The molecular weight excluding hydrogens is 599 g/mol. The number of nitrogens with one attached hydrogen (secondary N) is 1. The maximum atomic E-state index is 14.4. The molecule has 0 fully saturated rings. The number of anilines is 1. The quantitative estimate of drug-likeness (QED) is 0.211. The van der Waals surface area contributed by atoms with Crippen molar-refractivity contribution in [1.29, 1.82) is 0 Å². The molecule has 0 radical (unpaired) electrons. The fraction of sp³-hybridized carbons (Fsp3) is 0.303. The van der Waals surface area contributed by atoms with Crippen molar-refractivity contribution in [2.75, 3.05) is 25.1 Å². The molecule has 0 spiro atoms. The van der Waals surface area contributed by atoms with Crippen LogP contribution in [0.5, 0.6) is 5.75 Å². The first-order valence-electron chi connectivity index (χ1n) is 14.9. The summed E-state index contributed by atoms with van der Waals surface area (Å²) in [4.78, 5) is 37.7. The highest BCUT2D eigenvalue weighted by molar-refractivity contribution is 6.15. The Morgan fingerprint density at radius 1 is 1.11 bits per heavy atom. The lowest BCUT2D eigenvalue weighted by Crippen LogP contribution is -2.38. The van der Waals surface area contributed by atoms with Gasteiger partial charge >= 0.3 is 6.18 Å². The van der Waals surface area contributed by atoms with E-state index in [-0.39, 0.29) is 30.3 Å². The average molecular weight is 632 g/mol. The highest BCUT2D eigenvalue weighted by Gasteiger charge is 2.39. The zero-order valence-electron chi connectivity index (χ0n) is 25.6. The zero-order chi connectivity index (χ0) is 32.6. The van der Waals surface area contributed by atoms with Crippen molar-refractivity contribution in [1.82, 2.24) is 29.6 Å². The normalized spacial score (nSPS) is 13.3. The van der Waals surface area contributed by atoms with E-state index in [9.17, 15) is 22.8 Å². The second kappa shape index (κ2) is 12.3. The second-order valence-corrected chi connectivity index (χ2v) is 11.2. The maximum Gasteiger partial charge on any atom is 0.435 e. The number of fused-ring (bicyclic) bond motifs is 2.